The summed E-state index contributed by atoms with van der Waals surface area (Å²) in [6.07, 6.45) is 7.19. The van der Waals surface area contributed by atoms with Gasteiger partial charge in [0.15, 0.2) is 0 Å². The summed E-state index contributed by atoms with van der Waals surface area (Å²) in [7, 11) is 0. The van der Waals surface area contributed by atoms with Gasteiger partial charge in [-0.15, -0.1) is 23.2 Å². The van der Waals surface area contributed by atoms with E-state index in [-0.39, 0.29) is 11.3 Å². The molecule has 4 aliphatic rings. The van der Waals surface area contributed by atoms with Gasteiger partial charge in [0.1, 0.15) is 0 Å². The molecule has 4 heteroatoms. The summed E-state index contributed by atoms with van der Waals surface area (Å²) >= 11 is 12.0. The van der Waals surface area contributed by atoms with Crippen LogP contribution in [-0.4, -0.2) is 23.2 Å². The molecule has 0 radical (unpaired) electrons. The normalized spacial score (nSPS) is 42.8. The lowest BCUT2D eigenvalue weighted by Gasteiger charge is -2.60. The lowest BCUT2D eigenvalue weighted by molar-refractivity contribution is -0.156. The van der Waals surface area contributed by atoms with E-state index >= 15 is 0 Å². The molecule has 4 aliphatic carbocycles. The van der Waals surface area contributed by atoms with Crippen LogP contribution in [0.3, 0.4) is 0 Å². The summed E-state index contributed by atoms with van der Waals surface area (Å²) in [5.74, 6) is 2.45. The van der Waals surface area contributed by atoms with Crippen LogP contribution in [0.1, 0.15) is 52.4 Å². The van der Waals surface area contributed by atoms with Gasteiger partial charge in [0.05, 0.1) is 11.0 Å². The summed E-state index contributed by atoms with van der Waals surface area (Å²) < 4.78 is 0. The Hall–Kier alpha value is 0.0500. The molecule has 0 aromatic heterocycles. The summed E-state index contributed by atoms with van der Waals surface area (Å²) in [5, 5.41) is 3.16. The first kappa shape index (κ1) is 15.0. The van der Waals surface area contributed by atoms with Crippen molar-refractivity contribution < 1.29 is 4.79 Å². The third-order valence-electron chi connectivity index (χ3n) is 5.84. The summed E-state index contributed by atoms with van der Waals surface area (Å²) in [4.78, 5) is 12.9. The Morgan fingerprint density at radius 3 is 2.20 bits per heavy atom. The zero-order valence-electron chi connectivity index (χ0n) is 12.5. The molecule has 0 aliphatic heterocycles. The summed E-state index contributed by atoms with van der Waals surface area (Å²) in [6, 6.07) is 0. The minimum atomic E-state index is -0.482. The average molecular weight is 318 g/mol. The van der Waals surface area contributed by atoms with Gasteiger partial charge in [0.2, 0.25) is 5.91 Å². The second kappa shape index (κ2) is 4.78. The fourth-order valence-electron chi connectivity index (χ4n) is 5.50. The molecule has 2 unspecified atom stereocenters. The molecule has 20 heavy (non-hydrogen) atoms. The second-order valence-corrected chi connectivity index (χ2v) is 8.87. The molecule has 4 saturated carbocycles. The predicted molar refractivity (Wildman–Crippen MR) is 83.2 cm³/mol. The van der Waals surface area contributed by atoms with Crippen molar-refractivity contribution in [2.24, 2.45) is 22.7 Å². The van der Waals surface area contributed by atoms with Gasteiger partial charge >= 0.3 is 0 Å². The molecule has 1 amide bonds. The quantitative estimate of drug-likeness (QED) is 0.782. The van der Waals surface area contributed by atoms with Crippen LogP contribution in [0, 0.1) is 22.7 Å². The van der Waals surface area contributed by atoms with Crippen LogP contribution in [0.4, 0.5) is 0 Å². The molecule has 0 aromatic carbocycles. The van der Waals surface area contributed by atoms with E-state index in [1.165, 1.54) is 19.3 Å². The number of amides is 1. The monoisotopic (exact) mass is 317 g/mol. The van der Waals surface area contributed by atoms with Crippen LogP contribution < -0.4 is 5.32 Å². The molecule has 0 aromatic rings. The number of carbonyl (C=O) groups is 1. The van der Waals surface area contributed by atoms with Gasteiger partial charge in [-0.3, -0.25) is 4.79 Å². The Labute approximate surface area is 132 Å². The van der Waals surface area contributed by atoms with Gasteiger partial charge in [0.25, 0.3) is 0 Å². The van der Waals surface area contributed by atoms with E-state index in [9.17, 15) is 4.79 Å². The third kappa shape index (κ3) is 2.37. The van der Waals surface area contributed by atoms with Crippen molar-refractivity contribution in [3.05, 3.63) is 0 Å². The topological polar surface area (TPSA) is 29.1 Å². The van der Waals surface area contributed by atoms with Gasteiger partial charge in [-0.25, -0.2) is 0 Å². The number of hydrogen-bond donors (Lipinski definition) is 1. The SMILES string of the molecule is CC12CC3CC(C1)CC(C(=O)NC(C)(CCl)CCl)(C3)C2. The van der Waals surface area contributed by atoms with Gasteiger partial charge in [-0.2, -0.15) is 0 Å². The molecule has 4 fully saturated rings. The van der Waals surface area contributed by atoms with Crippen LogP contribution in [0.15, 0.2) is 0 Å². The zero-order valence-corrected chi connectivity index (χ0v) is 14.0. The first-order chi connectivity index (χ1) is 9.32. The molecule has 0 spiro atoms. The molecule has 0 heterocycles. The van der Waals surface area contributed by atoms with Gasteiger partial charge in [0, 0.05) is 11.8 Å². The van der Waals surface area contributed by atoms with Gasteiger partial charge < -0.3 is 5.32 Å². The van der Waals surface area contributed by atoms with Crippen LogP contribution in [0.2, 0.25) is 0 Å². The van der Waals surface area contributed by atoms with Gasteiger partial charge in [-0.05, 0) is 62.7 Å². The van der Waals surface area contributed by atoms with Crippen LogP contribution >= 0.6 is 23.2 Å². The minimum Gasteiger partial charge on any atom is -0.348 e. The fraction of sp³-hybridized carbons (Fsp3) is 0.938. The van der Waals surface area contributed by atoms with Gasteiger partial charge in [-0.1, -0.05) is 6.92 Å². The van der Waals surface area contributed by atoms with Crippen molar-refractivity contribution >= 4 is 29.1 Å². The number of rotatable bonds is 4. The van der Waals surface area contributed by atoms with Crippen molar-refractivity contribution in [1.82, 2.24) is 5.32 Å². The molecular formula is C16H25Cl2NO. The largest absolute Gasteiger partial charge is 0.348 e. The number of carbonyl (C=O) groups excluding carboxylic acids is 1. The molecule has 2 nitrogen and oxygen atoms in total. The van der Waals surface area contributed by atoms with Crippen LogP contribution in [0.25, 0.3) is 0 Å². The number of nitrogens with one attached hydrogen (secondary N) is 1. The summed E-state index contributed by atoms with van der Waals surface area (Å²) in [5.41, 5.74) is -0.234. The maximum absolute atomic E-state index is 12.9. The highest BCUT2D eigenvalue weighted by molar-refractivity contribution is 6.22. The van der Waals surface area contributed by atoms with E-state index in [2.05, 4.69) is 12.2 Å². The Morgan fingerprint density at radius 2 is 1.75 bits per heavy atom. The highest BCUT2D eigenvalue weighted by atomic mass is 35.5. The van der Waals surface area contributed by atoms with Crippen LogP contribution in [-0.2, 0) is 4.79 Å². The van der Waals surface area contributed by atoms with E-state index in [1.807, 2.05) is 6.92 Å². The number of alkyl halides is 2. The average Bonchev–Trinajstić information content (AvgIpc) is 2.35. The van der Waals surface area contributed by atoms with E-state index in [0.29, 0.717) is 17.2 Å². The van der Waals surface area contributed by atoms with Crippen molar-refractivity contribution in [3.63, 3.8) is 0 Å². The highest BCUT2D eigenvalue weighted by Crippen LogP contribution is 2.65. The molecule has 1 N–H and O–H groups in total. The Kier molecular flexibility index (Phi) is 3.57. The molecule has 4 bridgehead atoms. The minimum absolute atomic E-state index is 0.141. The number of halogens is 2. The molecule has 0 saturated heterocycles. The molecule has 114 valence electrons. The van der Waals surface area contributed by atoms with Crippen molar-refractivity contribution in [1.29, 1.82) is 0 Å². The smallest absolute Gasteiger partial charge is 0.226 e. The predicted octanol–water partition coefficient (Wildman–Crippen LogP) is 3.95. The van der Waals surface area contributed by atoms with Crippen LogP contribution in [0.5, 0.6) is 0 Å². The van der Waals surface area contributed by atoms with E-state index in [1.54, 1.807) is 0 Å². The fourth-order valence-corrected chi connectivity index (χ4v) is 5.91. The Morgan fingerprint density at radius 1 is 1.20 bits per heavy atom. The number of hydrogen-bond acceptors (Lipinski definition) is 1. The third-order valence-corrected chi connectivity index (χ3v) is 7.02. The van der Waals surface area contributed by atoms with E-state index in [0.717, 1.165) is 31.1 Å². The van der Waals surface area contributed by atoms with Crippen molar-refractivity contribution in [3.8, 4) is 0 Å². The molecule has 4 rings (SSSR count). The Balaban J connectivity index is 1.81. The zero-order chi connectivity index (χ0) is 14.6. The van der Waals surface area contributed by atoms with E-state index in [4.69, 9.17) is 23.2 Å². The summed E-state index contributed by atoms with van der Waals surface area (Å²) in [6.45, 7) is 4.32. The first-order valence-corrected chi connectivity index (χ1v) is 8.84. The first-order valence-electron chi connectivity index (χ1n) is 7.77. The standard InChI is InChI=1S/C16H25Cl2NO/c1-14-4-11-3-12(5-14)7-16(6-11,8-14)13(20)19-15(2,9-17)10-18/h11-12H,3-10H2,1-2H3,(H,19,20). The second-order valence-electron chi connectivity index (χ2n) is 8.33. The lowest BCUT2D eigenvalue weighted by atomic mass is 9.44. The lowest BCUT2D eigenvalue weighted by Crippen LogP contribution is -2.61. The van der Waals surface area contributed by atoms with Crippen molar-refractivity contribution in [2.75, 3.05) is 11.8 Å². The van der Waals surface area contributed by atoms with E-state index < -0.39 is 5.54 Å². The maximum Gasteiger partial charge on any atom is 0.226 e. The Bertz CT molecular complexity index is 405. The van der Waals surface area contributed by atoms with Crippen molar-refractivity contribution in [2.45, 2.75) is 57.9 Å². The maximum atomic E-state index is 12.9. The molecule has 2 atom stereocenters. The molecular weight excluding hydrogens is 293 g/mol. The highest BCUT2D eigenvalue weighted by Gasteiger charge is 2.59.